The van der Waals surface area contributed by atoms with Gasteiger partial charge in [-0.25, -0.2) is 4.79 Å². The molecule has 5 heteroatoms. The highest BCUT2D eigenvalue weighted by Crippen LogP contribution is 2.21. The van der Waals surface area contributed by atoms with Crippen LogP contribution in [0.25, 0.3) is 11.1 Å². The summed E-state index contributed by atoms with van der Waals surface area (Å²) < 4.78 is 0. The summed E-state index contributed by atoms with van der Waals surface area (Å²) in [6.07, 6.45) is 0.486. The molecule has 2 aromatic rings. The molecule has 0 radical (unpaired) electrons. The molecule has 0 saturated heterocycles. The number of amides is 2. The number of anilines is 1. The fraction of sp³-hybridized carbons (Fsp3) is 0.278. The molecule has 0 unspecified atom stereocenters. The van der Waals surface area contributed by atoms with Crippen LogP contribution in [0.15, 0.2) is 54.6 Å². The first-order valence-electron chi connectivity index (χ1n) is 7.67. The third-order valence-electron chi connectivity index (χ3n) is 3.49. The standard InChI is InChI=1S/C18H22N2O3/c21-13-4-11-20(12-14-22)18(23)19-17-9-7-16(8-10-17)15-5-2-1-3-6-15/h1-3,5-10,21-22H,4,11-14H2,(H,19,23). The molecule has 0 aliphatic rings. The summed E-state index contributed by atoms with van der Waals surface area (Å²) in [4.78, 5) is 13.7. The molecule has 2 aromatic carbocycles. The Morgan fingerprint density at radius 3 is 2.13 bits per heavy atom. The van der Waals surface area contributed by atoms with Crippen molar-refractivity contribution < 1.29 is 15.0 Å². The lowest BCUT2D eigenvalue weighted by Gasteiger charge is -2.21. The Balaban J connectivity index is 2.00. The quantitative estimate of drug-likeness (QED) is 0.735. The van der Waals surface area contributed by atoms with Gasteiger partial charge in [0.1, 0.15) is 0 Å². The monoisotopic (exact) mass is 314 g/mol. The maximum absolute atomic E-state index is 12.2. The van der Waals surface area contributed by atoms with E-state index in [1.54, 1.807) is 0 Å². The van der Waals surface area contributed by atoms with Crippen LogP contribution in [0.3, 0.4) is 0 Å². The van der Waals surface area contributed by atoms with Gasteiger partial charge in [-0.1, -0.05) is 42.5 Å². The fourth-order valence-electron chi connectivity index (χ4n) is 2.28. The molecule has 0 fully saturated rings. The molecule has 0 aliphatic heterocycles. The van der Waals surface area contributed by atoms with Crippen LogP contribution < -0.4 is 5.32 Å². The van der Waals surface area contributed by atoms with Gasteiger partial charge < -0.3 is 20.4 Å². The molecular formula is C18H22N2O3. The second-order valence-corrected chi connectivity index (χ2v) is 5.16. The van der Waals surface area contributed by atoms with Crippen LogP contribution in [0.4, 0.5) is 10.5 Å². The number of rotatable bonds is 7. The van der Waals surface area contributed by atoms with Gasteiger partial charge >= 0.3 is 6.03 Å². The summed E-state index contributed by atoms with van der Waals surface area (Å²) in [7, 11) is 0. The van der Waals surface area contributed by atoms with Crippen molar-refractivity contribution in [1.29, 1.82) is 0 Å². The first kappa shape index (κ1) is 17.0. The zero-order chi connectivity index (χ0) is 16.5. The van der Waals surface area contributed by atoms with Gasteiger partial charge in [-0.15, -0.1) is 0 Å². The van der Waals surface area contributed by atoms with E-state index in [2.05, 4.69) is 5.32 Å². The molecule has 122 valence electrons. The topological polar surface area (TPSA) is 72.8 Å². The maximum Gasteiger partial charge on any atom is 0.321 e. The molecule has 0 spiro atoms. The van der Waals surface area contributed by atoms with Crippen molar-refractivity contribution in [3.05, 3.63) is 54.6 Å². The number of carbonyl (C=O) groups is 1. The molecular weight excluding hydrogens is 292 g/mol. The number of hydrogen-bond acceptors (Lipinski definition) is 3. The summed E-state index contributed by atoms with van der Waals surface area (Å²) in [6.45, 7) is 0.561. The zero-order valence-electron chi connectivity index (χ0n) is 13.0. The fourth-order valence-corrected chi connectivity index (χ4v) is 2.28. The molecule has 0 saturated carbocycles. The van der Waals surface area contributed by atoms with E-state index in [0.29, 0.717) is 18.7 Å². The highest BCUT2D eigenvalue weighted by atomic mass is 16.3. The number of hydrogen-bond donors (Lipinski definition) is 3. The Bertz CT molecular complexity index is 599. The largest absolute Gasteiger partial charge is 0.396 e. The molecule has 2 rings (SSSR count). The zero-order valence-corrected chi connectivity index (χ0v) is 13.0. The molecule has 3 N–H and O–H groups in total. The van der Waals surface area contributed by atoms with Gasteiger partial charge in [-0.2, -0.15) is 0 Å². The summed E-state index contributed by atoms with van der Waals surface area (Å²) >= 11 is 0. The van der Waals surface area contributed by atoms with Gasteiger partial charge in [0, 0.05) is 25.4 Å². The van der Waals surface area contributed by atoms with Gasteiger partial charge in [-0.3, -0.25) is 0 Å². The van der Waals surface area contributed by atoms with Gasteiger partial charge in [0.05, 0.1) is 6.61 Å². The summed E-state index contributed by atoms with van der Waals surface area (Å²) in [5.41, 5.74) is 2.90. The lowest BCUT2D eigenvalue weighted by atomic mass is 10.1. The summed E-state index contributed by atoms with van der Waals surface area (Å²) in [5.74, 6) is 0. The second-order valence-electron chi connectivity index (χ2n) is 5.16. The third kappa shape index (κ3) is 5.09. The van der Waals surface area contributed by atoms with Crippen LogP contribution >= 0.6 is 0 Å². The molecule has 0 aromatic heterocycles. The third-order valence-corrected chi connectivity index (χ3v) is 3.49. The minimum Gasteiger partial charge on any atom is -0.396 e. The number of aliphatic hydroxyl groups is 2. The van der Waals surface area contributed by atoms with Crippen LogP contribution in [-0.4, -0.2) is 47.4 Å². The smallest absolute Gasteiger partial charge is 0.321 e. The van der Waals surface area contributed by atoms with Gasteiger partial charge in [0.2, 0.25) is 0 Å². The molecule has 5 nitrogen and oxygen atoms in total. The Labute approximate surface area is 136 Å². The van der Waals surface area contributed by atoms with E-state index in [1.165, 1.54) is 4.90 Å². The van der Waals surface area contributed by atoms with Crippen LogP contribution in [0.1, 0.15) is 6.42 Å². The van der Waals surface area contributed by atoms with E-state index in [0.717, 1.165) is 11.1 Å². The van der Waals surface area contributed by atoms with E-state index in [4.69, 9.17) is 10.2 Å². The van der Waals surface area contributed by atoms with Crippen molar-refractivity contribution >= 4 is 11.7 Å². The van der Waals surface area contributed by atoms with Gasteiger partial charge in [0.25, 0.3) is 0 Å². The predicted octanol–water partition coefficient (Wildman–Crippen LogP) is 2.56. The van der Waals surface area contributed by atoms with E-state index in [1.807, 2.05) is 54.6 Å². The highest BCUT2D eigenvalue weighted by molar-refractivity contribution is 5.89. The number of carbonyl (C=O) groups excluding carboxylic acids is 1. The van der Waals surface area contributed by atoms with Crippen LogP contribution in [0.5, 0.6) is 0 Å². The average Bonchev–Trinajstić information content (AvgIpc) is 2.60. The minimum atomic E-state index is -0.278. The van der Waals surface area contributed by atoms with Crippen molar-refractivity contribution in [2.75, 3.05) is 31.6 Å². The van der Waals surface area contributed by atoms with Crippen molar-refractivity contribution in [3.8, 4) is 11.1 Å². The molecule has 0 heterocycles. The molecule has 0 bridgehead atoms. The Morgan fingerprint density at radius 1 is 0.870 bits per heavy atom. The molecule has 2 amide bonds. The van der Waals surface area contributed by atoms with Gasteiger partial charge in [-0.05, 0) is 29.7 Å². The summed E-state index contributed by atoms with van der Waals surface area (Å²) in [6, 6.07) is 17.3. The first-order valence-corrected chi connectivity index (χ1v) is 7.67. The average molecular weight is 314 g/mol. The predicted molar refractivity (Wildman–Crippen MR) is 91.3 cm³/mol. The van der Waals surface area contributed by atoms with Crippen molar-refractivity contribution in [3.63, 3.8) is 0 Å². The van der Waals surface area contributed by atoms with Crippen molar-refractivity contribution in [2.45, 2.75) is 6.42 Å². The molecule has 0 atom stereocenters. The number of urea groups is 1. The maximum atomic E-state index is 12.2. The first-order chi connectivity index (χ1) is 11.2. The second kappa shape index (κ2) is 8.92. The number of benzene rings is 2. The number of aliphatic hydroxyl groups excluding tert-OH is 2. The highest BCUT2D eigenvalue weighted by Gasteiger charge is 2.12. The minimum absolute atomic E-state index is 0.0149. The van der Waals surface area contributed by atoms with Crippen molar-refractivity contribution in [1.82, 2.24) is 4.90 Å². The molecule has 0 aliphatic carbocycles. The number of nitrogens with zero attached hydrogens (tertiary/aromatic N) is 1. The van der Waals surface area contributed by atoms with Crippen LogP contribution in [-0.2, 0) is 0 Å². The van der Waals surface area contributed by atoms with Crippen LogP contribution in [0.2, 0.25) is 0 Å². The molecule has 23 heavy (non-hydrogen) atoms. The Kier molecular flexibility index (Phi) is 6.59. The van der Waals surface area contributed by atoms with E-state index < -0.39 is 0 Å². The lowest BCUT2D eigenvalue weighted by Crippen LogP contribution is -2.38. The van der Waals surface area contributed by atoms with Crippen LogP contribution in [0, 0.1) is 0 Å². The Morgan fingerprint density at radius 2 is 1.52 bits per heavy atom. The normalized spacial score (nSPS) is 10.3. The van der Waals surface area contributed by atoms with Gasteiger partial charge in [0.15, 0.2) is 0 Å². The lowest BCUT2D eigenvalue weighted by molar-refractivity contribution is 0.180. The number of nitrogens with one attached hydrogen (secondary N) is 1. The van der Waals surface area contributed by atoms with Crippen molar-refractivity contribution in [2.24, 2.45) is 0 Å². The summed E-state index contributed by atoms with van der Waals surface area (Å²) in [5, 5.41) is 20.7. The van der Waals surface area contributed by atoms with E-state index in [-0.39, 0.29) is 25.8 Å². The SMILES string of the molecule is O=C(Nc1ccc(-c2ccccc2)cc1)N(CCO)CCCO. The van der Waals surface area contributed by atoms with E-state index >= 15 is 0 Å². The Hall–Kier alpha value is -2.37. The van der Waals surface area contributed by atoms with E-state index in [9.17, 15) is 4.79 Å².